The van der Waals surface area contributed by atoms with E-state index in [9.17, 15) is 0 Å². The van der Waals surface area contributed by atoms with E-state index in [1.54, 1.807) is 0 Å². The van der Waals surface area contributed by atoms with Crippen LogP contribution in [-0.4, -0.2) is 37.0 Å². The monoisotopic (exact) mass is 267 g/mol. The quantitative estimate of drug-likeness (QED) is 0.734. The van der Waals surface area contributed by atoms with Crippen molar-refractivity contribution in [1.82, 2.24) is 4.90 Å². The van der Waals surface area contributed by atoms with Crippen LogP contribution in [0.3, 0.4) is 0 Å². The first-order chi connectivity index (χ1) is 8.85. The van der Waals surface area contributed by atoms with Crippen molar-refractivity contribution in [2.75, 3.05) is 32.1 Å². The first-order valence-corrected chi connectivity index (χ1v) is 7.36. The third-order valence-corrected chi connectivity index (χ3v) is 3.63. The molecular formula is C15H22ClNO. The molecule has 1 aliphatic rings. The fourth-order valence-corrected chi connectivity index (χ4v) is 2.83. The second-order valence-electron chi connectivity index (χ2n) is 4.80. The van der Waals surface area contributed by atoms with Gasteiger partial charge in [0.25, 0.3) is 0 Å². The van der Waals surface area contributed by atoms with Crippen molar-refractivity contribution in [2.45, 2.75) is 25.9 Å². The lowest BCUT2D eigenvalue weighted by molar-refractivity contribution is 0.0171. The van der Waals surface area contributed by atoms with E-state index in [4.69, 9.17) is 16.3 Å². The first-order valence-electron chi connectivity index (χ1n) is 6.83. The van der Waals surface area contributed by atoms with Gasteiger partial charge in [-0.05, 0) is 30.5 Å². The zero-order chi connectivity index (χ0) is 12.8. The lowest BCUT2D eigenvalue weighted by Crippen LogP contribution is -2.34. The molecule has 0 bridgehead atoms. The van der Waals surface area contributed by atoms with Crippen LogP contribution >= 0.6 is 11.6 Å². The van der Waals surface area contributed by atoms with E-state index in [0.717, 1.165) is 39.1 Å². The van der Waals surface area contributed by atoms with E-state index < -0.39 is 0 Å². The fraction of sp³-hybridized carbons (Fsp3) is 0.600. The lowest BCUT2D eigenvalue weighted by Gasteiger charge is -2.31. The molecule has 1 atom stereocenters. The average molecular weight is 268 g/mol. The first kappa shape index (κ1) is 13.9. The minimum Gasteiger partial charge on any atom is -0.372 e. The van der Waals surface area contributed by atoms with Crippen LogP contribution < -0.4 is 0 Å². The van der Waals surface area contributed by atoms with Gasteiger partial charge in [0.2, 0.25) is 0 Å². The van der Waals surface area contributed by atoms with Gasteiger partial charge < -0.3 is 4.74 Å². The Labute approximate surface area is 115 Å². The van der Waals surface area contributed by atoms with Crippen molar-refractivity contribution < 1.29 is 4.74 Å². The summed E-state index contributed by atoms with van der Waals surface area (Å²) < 4.78 is 5.94. The number of benzene rings is 1. The van der Waals surface area contributed by atoms with Crippen LogP contribution in [0.4, 0.5) is 0 Å². The fourth-order valence-electron chi connectivity index (χ4n) is 2.59. The molecule has 1 aliphatic heterocycles. The van der Waals surface area contributed by atoms with E-state index in [0.29, 0.717) is 5.88 Å². The third-order valence-electron chi connectivity index (χ3n) is 3.46. The second-order valence-corrected chi connectivity index (χ2v) is 5.18. The highest BCUT2D eigenvalue weighted by atomic mass is 35.5. The molecule has 1 unspecified atom stereocenters. The van der Waals surface area contributed by atoms with E-state index in [1.807, 2.05) is 0 Å². The minimum absolute atomic E-state index is 0.213. The van der Waals surface area contributed by atoms with Gasteiger partial charge in [0.05, 0.1) is 12.7 Å². The maximum absolute atomic E-state index is 5.94. The molecule has 1 heterocycles. The predicted octanol–water partition coefficient (Wildman–Crippen LogP) is 3.25. The molecule has 0 fully saturated rings. The van der Waals surface area contributed by atoms with Gasteiger partial charge in [-0.25, -0.2) is 0 Å². The molecule has 2 nitrogen and oxygen atoms in total. The molecule has 0 amide bonds. The van der Waals surface area contributed by atoms with Crippen LogP contribution in [0.5, 0.6) is 0 Å². The summed E-state index contributed by atoms with van der Waals surface area (Å²) in [6.07, 6.45) is 2.41. The number of halogens is 1. The SMILES string of the molecule is CCCN(CCCl)CC1OCCc2ccccc21. The summed E-state index contributed by atoms with van der Waals surface area (Å²) in [4.78, 5) is 2.40. The number of nitrogens with zero attached hydrogens (tertiary/aromatic N) is 1. The van der Waals surface area contributed by atoms with Crippen molar-refractivity contribution in [3.8, 4) is 0 Å². The molecule has 2 rings (SSSR count). The Balaban J connectivity index is 2.05. The highest BCUT2D eigenvalue weighted by Gasteiger charge is 2.22. The topological polar surface area (TPSA) is 12.5 Å². The molecule has 0 saturated heterocycles. The minimum atomic E-state index is 0.213. The van der Waals surface area contributed by atoms with Gasteiger partial charge in [0.1, 0.15) is 0 Å². The Morgan fingerprint density at radius 3 is 2.94 bits per heavy atom. The van der Waals surface area contributed by atoms with Crippen molar-refractivity contribution in [1.29, 1.82) is 0 Å². The number of alkyl halides is 1. The highest BCUT2D eigenvalue weighted by molar-refractivity contribution is 6.18. The molecule has 3 heteroatoms. The molecule has 1 aromatic carbocycles. The van der Waals surface area contributed by atoms with Crippen molar-refractivity contribution >= 4 is 11.6 Å². The second kappa shape index (κ2) is 7.13. The molecule has 100 valence electrons. The molecule has 0 aliphatic carbocycles. The van der Waals surface area contributed by atoms with Crippen LogP contribution in [0, 0.1) is 0 Å². The van der Waals surface area contributed by atoms with E-state index in [2.05, 4.69) is 36.1 Å². The number of fused-ring (bicyclic) bond motifs is 1. The molecule has 0 spiro atoms. The summed E-state index contributed by atoms with van der Waals surface area (Å²) in [5.74, 6) is 0.689. The Kier molecular flexibility index (Phi) is 5.48. The summed E-state index contributed by atoms with van der Waals surface area (Å²) >= 11 is 5.87. The van der Waals surface area contributed by atoms with Crippen LogP contribution in [0.25, 0.3) is 0 Å². The summed E-state index contributed by atoms with van der Waals surface area (Å²) in [6, 6.07) is 8.64. The summed E-state index contributed by atoms with van der Waals surface area (Å²) in [5, 5.41) is 0. The molecule has 0 aromatic heterocycles. The number of hydrogen-bond donors (Lipinski definition) is 0. The molecule has 0 saturated carbocycles. The smallest absolute Gasteiger partial charge is 0.0954 e. The number of rotatable bonds is 6. The van der Waals surface area contributed by atoms with Crippen molar-refractivity contribution in [2.24, 2.45) is 0 Å². The van der Waals surface area contributed by atoms with Gasteiger partial charge in [-0.2, -0.15) is 0 Å². The Hall–Kier alpha value is -0.570. The zero-order valence-corrected chi connectivity index (χ0v) is 11.8. The van der Waals surface area contributed by atoms with Crippen LogP contribution in [-0.2, 0) is 11.2 Å². The Morgan fingerprint density at radius 2 is 2.17 bits per heavy atom. The van der Waals surface area contributed by atoms with Gasteiger partial charge in [-0.15, -0.1) is 11.6 Å². The van der Waals surface area contributed by atoms with E-state index >= 15 is 0 Å². The molecule has 1 aromatic rings. The number of ether oxygens (including phenoxy) is 1. The summed E-state index contributed by atoms with van der Waals surface area (Å²) in [6.45, 7) is 6.03. The van der Waals surface area contributed by atoms with Crippen LogP contribution in [0.15, 0.2) is 24.3 Å². The molecule has 0 N–H and O–H groups in total. The Morgan fingerprint density at radius 1 is 1.33 bits per heavy atom. The average Bonchev–Trinajstić information content (AvgIpc) is 2.40. The largest absolute Gasteiger partial charge is 0.372 e. The van der Waals surface area contributed by atoms with Gasteiger partial charge in [-0.3, -0.25) is 4.90 Å². The number of hydrogen-bond acceptors (Lipinski definition) is 2. The third kappa shape index (κ3) is 3.47. The lowest BCUT2D eigenvalue weighted by atomic mass is 9.97. The normalized spacial score (nSPS) is 18.9. The molecule has 18 heavy (non-hydrogen) atoms. The maximum atomic E-state index is 5.94. The zero-order valence-electron chi connectivity index (χ0n) is 11.1. The van der Waals surface area contributed by atoms with Gasteiger partial charge in [-0.1, -0.05) is 31.2 Å². The van der Waals surface area contributed by atoms with Gasteiger partial charge >= 0.3 is 0 Å². The Bertz CT molecular complexity index is 363. The highest BCUT2D eigenvalue weighted by Crippen LogP contribution is 2.27. The predicted molar refractivity (Wildman–Crippen MR) is 76.3 cm³/mol. The molecular weight excluding hydrogens is 246 g/mol. The standard InChI is InChI=1S/C15H22ClNO/c1-2-9-17(10-8-16)12-15-14-6-4-3-5-13(14)7-11-18-15/h3-6,15H,2,7-12H2,1H3. The van der Waals surface area contributed by atoms with E-state index in [-0.39, 0.29) is 6.10 Å². The summed E-state index contributed by atoms with van der Waals surface area (Å²) in [7, 11) is 0. The molecule has 0 radical (unpaired) electrons. The van der Waals surface area contributed by atoms with Gasteiger partial charge in [0, 0.05) is 19.0 Å². The van der Waals surface area contributed by atoms with Crippen LogP contribution in [0.1, 0.15) is 30.6 Å². The van der Waals surface area contributed by atoms with Crippen molar-refractivity contribution in [3.63, 3.8) is 0 Å². The summed E-state index contributed by atoms with van der Waals surface area (Å²) in [5.41, 5.74) is 2.80. The van der Waals surface area contributed by atoms with Gasteiger partial charge in [0.15, 0.2) is 0 Å². The van der Waals surface area contributed by atoms with E-state index in [1.165, 1.54) is 11.1 Å². The van der Waals surface area contributed by atoms with Crippen molar-refractivity contribution in [3.05, 3.63) is 35.4 Å². The van der Waals surface area contributed by atoms with Crippen LogP contribution in [0.2, 0.25) is 0 Å². The maximum Gasteiger partial charge on any atom is 0.0954 e.